The number of nitrogens with zero attached hydrogens (tertiary/aromatic N) is 1. The Morgan fingerprint density at radius 1 is 1.38 bits per heavy atom. The lowest BCUT2D eigenvalue weighted by Gasteiger charge is -2.26. The van der Waals surface area contributed by atoms with Crippen molar-refractivity contribution >= 4 is 11.7 Å². The van der Waals surface area contributed by atoms with Crippen molar-refractivity contribution in [3.63, 3.8) is 0 Å². The van der Waals surface area contributed by atoms with Gasteiger partial charge in [-0.05, 0) is 19.8 Å². The summed E-state index contributed by atoms with van der Waals surface area (Å²) in [6.45, 7) is 5.51. The first-order valence-electron chi connectivity index (χ1n) is 4.96. The molecule has 1 aliphatic carbocycles. The van der Waals surface area contributed by atoms with E-state index in [1.165, 1.54) is 0 Å². The lowest BCUT2D eigenvalue weighted by molar-refractivity contribution is -0.135. The third-order valence-electron chi connectivity index (χ3n) is 2.61. The van der Waals surface area contributed by atoms with Crippen LogP contribution in [-0.4, -0.2) is 29.7 Å². The third kappa shape index (κ3) is 2.54. The number of hydrogen-bond acceptors (Lipinski definition) is 2. The summed E-state index contributed by atoms with van der Waals surface area (Å²) in [7, 11) is 0. The fourth-order valence-electron chi connectivity index (χ4n) is 1.68. The smallest absolute Gasteiger partial charge is 0.222 e. The van der Waals surface area contributed by atoms with Crippen LogP contribution in [0.3, 0.4) is 0 Å². The van der Waals surface area contributed by atoms with Gasteiger partial charge in [0.2, 0.25) is 5.91 Å². The fraction of sp³-hybridized carbons (Fsp3) is 0.800. The topological polar surface area (TPSA) is 37.4 Å². The van der Waals surface area contributed by atoms with Crippen LogP contribution in [0, 0.1) is 5.92 Å². The standard InChI is InChI=1S/C10H17NO2/c1-3-11(4-2)10(13)7-8-5-9(12)6-8/h8H,3-7H2,1-2H3. The summed E-state index contributed by atoms with van der Waals surface area (Å²) in [5, 5.41) is 0. The molecular weight excluding hydrogens is 166 g/mol. The highest BCUT2D eigenvalue weighted by Gasteiger charge is 2.29. The van der Waals surface area contributed by atoms with E-state index in [4.69, 9.17) is 0 Å². The SMILES string of the molecule is CCN(CC)C(=O)CC1CC(=O)C1. The predicted octanol–water partition coefficient (Wildman–Crippen LogP) is 1.22. The molecule has 0 aliphatic heterocycles. The average Bonchev–Trinajstić information content (AvgIpc) is 2.04. The van der Waals surface area contributed by atoms with Crippen LogP contribution in [0.5, 0.6) is 0 Å². The van der Waals surface area contributed by atoms with Crippen molar-refractivity contribution in [1.29, 1.82) is 0 Å². The highest BCUT2D eigenvalue weighted by Crippen LogP contribution is 2.26. The number of carbonyl (C=O) groups excluding carboxylic acids is 2. The number of Topliss-reactive ketones (excluding diaryl/α,β-unsaturated/α-hetero) is 1. The van der Waals surface area contributed by atoms with Crippen LogP contribution >= 0.6 is 0 Å². The first-order chi connectivity index (χ1) is 6.17. The molecule has 0 aromatic heterocycles. The van der Waals surface area contributed by atoms with Crippen LogP contribution in [0.15, 0.2) is 0 Å². The highest BCUT2D eigenvalue weighted by molar-refractivity contribution is 5.87. The van der Waals surface area contributed by atoms with Crippen molar-refractivity contribution in [3.8, 4) is 0 Å². The minimum absolute atomic E-state index is 0.197. The van der Waals surface area contributed by atoms with Gasteiger partial charge in [0.05, 0.1) is 0 Å². The second-order valence-corrected chi connectivity index (χ2v) is 3.58. The Bertz CT molecular complexity index is 201. The number of carbonyl (C=O) groups is 2. The fourth-order valence-corrected chi connectivity index (χ4v) is 1.68. The normalized spacial score (nSPS) is 16.9. The number of amides is 1. The van der Waals surface area contributed by atoms with Gasteiger partial charge in [-0.3, -0.25) is 9.59 Å². The maximum absolute atomic E-state index is 11.5. The van der Waals surface area contributed by atoms with Gasteiger partial charge < -0.3 is 4.90 Å². The second kappa shape index (κ2) is 4.40. The monoisotopic (exact) mass is 183 g/mol. The lowest BCUT2D eigenvalue weighted by Crippen LogP contribution is -2.35. The summed E-state index contributed by atoms with van der Waals surface area (Å²) >= 11 is 0. The van der Waals surface area contributed by atoms with Gasteiger partial charge in [-0.25, -0.2) is 0 Å². The van der Waals surface area contributed by atoms with Gasteiger partial charge >= 0.3 is 0 Å². The molecule has 0 radical (unpaired) electrons. The molecule has 0 bridgehead atoms. The van der Waals surface area contributed by atoms with Crippen molar-refractivity contribution in [2.45, 2.75) is 33.1 Å². The maximum Gasteiger partial charge on any atom is 0.222 e. The second-order valence-electron chi connectivity index (χ2n) is 3.58. The summed E-state index contributed by atoms with van der Waals surface area (Å²) < 4.78 is 0. The molecule has 0 heterocycles. The molecule has 3 heteroatoms. The van der Waals surface area contributed by atoms with Crippen molar-refractivity contribution in [3.05, 3.63) is 0 Å². The third-order valence-corrected chi connectivity index (χ3v) is 2.61. The van der Waals surface area contributed by atoms with Gasteiger partial charge in [0.15, 0.2) is 0 Å². The van der Waals surface area contributed by atoms with E-state index in [2.05, 4.69) is 0 Å². The van der Waals surface area contributed by atoms with E-state index in [1.54, 1.807) is 0 Å². The van der Waals surface area contributed by atoms with E-state index in [1.807, 2.05) is 18.7 Å². The van der Waals surface area contributed by atoms with Crippen molar-refractivity contribution in [1.82, 2.24) is 4.90 Å². The van der Waals surface area contributed by atoms with Crippen molar-refractivity contribution in [2.24, 2.45) is 5.92 Å². The first kappa shape index (κ1) is 10.2. The van der Waals surface area contributed by atoms with E-state index < -0.39 is 0 Å². The van der Waals surface area contributed by atoms with Crippen molar-refractivity contribution in [2.75, 3.05) is 13.1 Å². The largest absolute Gasteiger partial charge is 0.343 e. The van der Waals surface area contributed by atoms with E-state index in [9.17, 15) is 9.59 Å². The van der Waals surface area contributed by atoms with Crippen LogP contribution in [0.1, 0.15) is 33.1 Å². The molecule has 1 rings (SSSR count). The molecule has 1 amide bonds. The Balaban J connectivity index is 2.27. The number of rotatable bonds is 4. The summed E-state index contributed by atoms with van der Waals surface area (Å²) in [4.78, 5) is 24.0. The molecule has 1 fully saturated rings. The zero-order valence-corrected chi connectivity index (χ0v) is 8.38. The predicted molar refractivity (Wildman–Crippen MR) is 50.3 cm³/mol. The minimum atomic E-state index is 0.197. The van der Waals surface area contributed by atoms with E-state index in [-0.39, 0.29) is 5.91 Å². The molecule has 1 aliphatic rings. The van der Waals surface area contributed by atoms with Gasteiger partial charge in [0.1, 0.15) is 5.78 Å². The Labute approximate surface area is 79.1 Å². The van der Waals surface area contributed by atoms with Crippen LogP contribution < -0.4 is 0 Å². The van der Waals surface area contributed by atoms with Crippen molar-refractivity contribution < 1.29 is 9.59 Å². The summed E-state index contributed by atoms with van der Waals surface area (Å²) in [6, 6.07) is 0. The number of hydrogen-bond donors (Lipinski definition) is 0. The molecule has 0 unspecified atom stereocenters. The Kier molecular flexibility index (Phi) is 3.46. The summed E-state index contributed by atoms with van der Waals surface area (Å²) in [5.74, 6) is 0.834. The summed E-state index contributed by atoms with van der Waals surface area (Å²) in [5.41, 5.74) is 0. The summed E-state index contributed by atoms with van der Waals surface area (Å²) in [6.07, 6.45) is 1.80. The molecule has 0 spiro atoms. The average molecular weight is 183 g/mol. The Hall–Kier alpha value is -0.860. The van der Waals surface area contributed by atoms with E-state index in [0.717, 1.165) is 13.1 Å². The Morgan fingerprint density at radius 3 is 2.31 bits per heavy atom. The first-order valence-corrected chi connectivity index (χ1v) is 4.96. The molecule has 0 saturated heterocycles. The van der Waals surface area contributed by atoms with Gasteiger partial charge in [0, 0.05) is 32.4 Å². The van der Waals surface area contributed by atoms with E-state index >= 15 is 0 Å². The molecular formula is C10H17NO2. The quantitative estimate of drug-likeness (QED) is 0.657. The van der Waals surface area contributed by atoms with Crippen LogP contribution in [0.25, 0.3) is 0 Å². The molecule has 0 aromatic rings. The minimum Gasteiger partial charge on any atom is -0.343 e. The molecule has 0 N–H and O–H groups in total. The van der Waals surface area contributed by atoms with Crippen LogP contribution in [0.2, 0.25) is 0 Å². The lowest BCUT2D eigenvalue weighted by atomic mass is 9.81. The zero-order valence-electron chi connectivity index (χ0n) is 8.38. The van der Waals surface area contributed by atoms with Crippen LogP contribution in [0.4, 0.5) is 0 Å². The zero-order chi connectivity index (χ0) is 9.84. The Morgan fingerprint density at radius 2 is 1.92 bits per heavy atom. The number of ketones is 1. The molecule has 74 valence electrons. The maximum atomic E-state index is 11.5. The molecule has 13 heavy (non-hydrogen) atoms. The van der Waals surface area contributed by atoms with E-state index in [0.29, 0.717) is 31.0 Å². The van der Waals surface area contributed by atoms with Crippen LogP contribution in [-0.2, 0) is 9.59 Å². The molecule has 0 aromatic carbocycles. The van der Waals surface area contributed by atoms with Gasteiger partial charge in [-0.1, -0.05) is 0 Å². The highest BCUT2D eigenvalue weighted by atomic mass is 16.2. The molecule has 1 saturated carbocycles. The van der Waals surface area contributed by atoms with Gasteiger partial charge in [-0.2, -0.15) is 0 Å². The molecule has 0 atom stereocenters. The van der Waals surface area contributed by atoms with Gasteiger partial charge in [-0.15, -0.1) is 0 Å². The van der Waals surface area contributed by atoms with Gasteiger partial charge in [0.25, 0.3) is 0 Å². The molecule has 3 nitrogen and oxygen atoms in total.